The van der Waals surface area contributed by atoms with E-state index < -0.39 is 12.7 Å². The van der Waals surface area contributed by atoms with E-state index in [1.54, 1.807) is 18.3 Å². The van der Waals surface area contributed by atoms with Gasteiger partial charge in [-0.2, -0.15) is 0 Å². The minimum atomic E-state index is -2.19. The molecule has 2 heterocycles. The van der Waals surface area contributed by atoms with Crippen LogP contribution in [-0.2, 0) is 31.9 Å². The van der Waals surface area contributed by atoms with Crippen molar-refractivity contribution in [3.05, 3.63) is 192 Å². The molecule has 0 atom stereocenters. The van der Waals surface area contributed by atoms with E-state index in [0.717, 1.165) is 83.5 Å². The van der Waals surface area contributed by atoms with E-state index in [4.69, 9.17) is 14.1 Å². The Kier molecular flexibility index (Phi) is 11.1. The number of aromatic nitrogens is 3. The summed E-state index contributed by atoms with van der Waals surface area (Å²) in [5.41, 5.74) is 14.4. The Morgan fingerprint density at radius 1 is 0.615 bits per heavy atom. The van der Waals surface area contributed by atoms with Gasteiger partial charge in [0.1, 0.15) is 11.6 Å². The molecule has 9 aromatic rings. The van der Waals surface area contributed by atoms with Crippen LogP contribution < -0.4 is 0 Å². The molecular formula is C60H56N3OPt-. The van der Waals surface area contributed by atoms with E-state index in [0.29, 0.717) is 22.6 Å². The van der Waals surface area contributed by atoms with Crippen LogP contribution in [0.5, 0.6) is 5.75 Å². The maximum atomic E-state index is 12.5. The molecule has 0 amide bonds. The van der Waals surface area contributed by atoms with Gasteiger partial charge in [-0.3, -0.25) is 9.55 Å². The number of para-hydroxylation sites is 1. The van der Waals surface area contributed by atoms with E-state index in [1.165, 1.54) is 0 Å². The largest absolute Gasteiger partial charge is 0.507 e. The van der Waals surface area contributed by atoms with E-state index in [1.807, 2.05) is 80.6 Å². The van der Waals surface area contributed by atoms with Crippen LogP contribution in [0.1, 0.15) is 89.0 Å². The fourth-order valence-electron chi connectivity index (χ4n) is 8.59. The van der Waals surface area contributed by atoms with Gasteiger partial charge in [0.25, 0.3) is 0 Å². The molecule has 0 saturated carbocycles. The molecule has 328 valence electrons. The van der Waals surface area contributed by atoms with Crippen LogP contribution in [-0.4, -0.2) is 19.6 Å². The van der Waals surface area contributed by atoms with E-state index in [-0.39, 0.29) is 37.6 Å². The number of benzene rings is 7. The smallest absolute Gasteiger partial charge is 0.148 e. The second kappa shape index (κ2) is 17.9. The van der Waals surface area contributed by atoms with Gasteiger partial charge < -0.3 is 5.11 Å². The Labute approximate surface area is 405 Å². The van der Waals surface area contributed by atoms with Gasteiger partial charge in [-0.1, -0.05) is 193 Å². The van der Waals surface area contributed by atoms with Crippen LogP contribution in [0.3, 0.4) is 0 Å². The maximum absolute atomic E-state index is 12.5. The number of aryl methyl sites for hydroxylation is 1. The number of phenols is 1. The summed E-state index contributed by atoms with van der Waals surface area (Å²) in [5.74, 6) is -0.183. The average Bonchev–Trinajstić information content (AvgIpc) is 3.70. The molecule has 0 fully saturated rings. The molecule has 2 aromatic heterocycles. The van der Waals surface area contributed by atoms with Crippen LogP contribution in [0.15, 0.2) is 164 Å². The summed E-state index contributed by atoms with van der Waals surface area (Å²) in [6, 6.07) is 56.2. The summed E-state index contributed by atoms with van der Waals surface area (Å²) in [5, 5.41) is 12.5. The number of hydrogen-bond donors (Lipinski definition) is 1. The van der Waals surface area contributed by atoms with Gasteiger partial charge >= 0.3 is 0 Å². The Balaban J connectivity index is 0.00000642. The Hall–Kier alpha value is -6.35. The molecule has 65 heavy (non-hydrogen) atoms. The normalized spacial score (nSPS) is 13.1. The quantitative estimate of drug-likeness (QED) is 0.154. The van der Waals surface area contributed by atoms with Crippen molar-refractivity contribution >= 4 is 11.0 Å². The first-order chi connectivity index (χ1) is 32.1. The van der Waals surface area contributed by atoms with Gasteiger partial charge in [0.2, 0.25) is 0 Å². The van der Waals surface area contributed by atoms with Crippen LogP contribution in [0, 0.1) is 12.9 Å². The van der Waals surface area contributed by atoms with Crippen LogP contribution in [0.25, 0.3) is 83.9 Å². The third-order valence-corrected chi connectivity index (χ3v) is 12.1. The number of rotatable bonds is 8. The number of imidazole rings is 1. The van der Waals surface area contributed by atoms with E-state index in [9.17, 15) is 6.48 Å². The van der Waals surface area contributed by atoms with Crippen LogP contribution >= 0.6 is 0 Å². The van der Waals surface area contributed by atoms with Crippen molar-refractivity contribution in [2.75, 3.05) is 0 Å². The topological polar surface area (TPSA) is 50.9 Å². The second-order valence-corrected chi connectivity index (χ2v) is 19.0. The van der Waals surface area contributed by atoms with Gasteiger partial charge in [0, 0.05) is 49.7 Å². The minimum absolute atomic E-state index is 0. The second-order valence-electron chi connectivity index (χ2n) is 19.0. The predicted molar refractivity (Wildman–Crippen MR) is 268 cm³/mol. The number of nitrogens with zero attached hydrogens (tertiary/aromatic N) is 3. The molecule has 0 aliphatic rings. The summed E-state index contributed by atoms with van der Waals surface area (Å²) < 4.78 is 35.1. The molecule has 0 bridgehead atoms. The molecule has 0 saturated heterocycles. The van der Waals surface area contributed by atoms with Gasteiger partial charge in [0.15, 0.2) is 0 Å². The Morgan fingerprint density at radius 2 is 1.29 bits per heavy atom. The number of phenolic OH excluding ortho intramolecular Hbond substituents is 1. The van der Waals surface area contributed by atoms with Crippen molar-refractivity contribution in [3.63, 3.8) is 0 Å². The average molecular weight is 1030 g/mol. The number of pyridine rings is 1. The van der Waals surface area contributed by atoms with Gasteiger partial charge in [-0.25, -0.2) is 4.98 Å². The number of aromatic hydroxyl groups is 1. The summed E-state index contributed by atoms with van der Waals surface area (Å²) in [4.78, 5) is 10.4. The standard InChI is InChI=1S/C60H56N3O.Pt/c1-38(2)51-37-48(27-28-49(51)42-19-14-11-15-20-42)63-55-22-16-21-50(56(55)62-58(63)52-35-47(59(4,5)6)36-53(57(52)64)60(7,8)9)45-31-44(40-17-12-10-13-18-40)32-46(33-45)54-34-43(29-30-61-54)41-25-23-39(3)24-26-41;/h10-32,34-38,64H,1-9H3;/q-1;/i3D3,38D;. The Bertz CT molecular complexity index is 3320. The minimum Gasteiger partial charge on any atom is -0.507 e. The van der Waals surface area contributed by atoms with Crippen molar-refractivity contribution in [3.8, 4) is 78.6 Å². The zero-order chi connectivity index (χ0) is 48.3. The van der Waals surface area contributed by atoms with Gasteiger partial charge in [-0.15, -0.1) is 23.8 Å². The van der Waals surface area contributed by atoms with Crippen LogP contribution in [0.2, 0.25) is 0 Å². The SMILES string of the molecule is [2H]C([2H])([2H])c1ccc(-c2ccnc(-c3[c-]c(-c4cccc5c4nc(-c4cc(C(C)(C)C)cc(C(C)(C)C)c4O)n5-c4ccc(-c5ccccc5)c(C([2H])(C)C)c4)cc(-c4ccccc4)c3)c2)cc1.[Pt]. The van der Waals surface area contributed by atoms with E-state index >= 15 is 0 Å². The number of hydrogen-bond acceptors (Lipinski definition) is 3. The van der Waals surface area contributed by atoms with Crippen molar-refractivity contribution in [2.45, 2.75) is 79.0 Å². The summed E-state index contributed by atoms with van der Waals surface area (Å²) >= 11 is 0. The fraction of sp³-hybridized carbons (Fsp3) is 0.200. The van der Waals surface area contributed by atoms with Crippen molar-refractivity contribution < 1.29 is 31.7 Å². The molecule has 0 unspecified atom stereocenters. The summed E-state index contributed by atoms with van der Waals surface area (Å²) in [7, 11) is 0. The van der Waals surface area contributed by atoms with Crippen molar-refractivity contribution in [1.29, 1.82) is 0 Å². The first kappa shape index (κ1) is 40.2. The molecule has 1 N–H and O–H groups in total. The first-order valence-electron chi connectivity index (χ1n) is 24.0. The molecule has 5 heteroatoms. The first-order valence-corrected chi connectivity index (χ1v) is 22.0. The third-order valence-electron chi connectivity index (χ3n) is 12.1. The number of fused-ring (bicyclic) bond motifs is 1. The molecule has 0 radical (unpaired) electrons. The molecule has 4 nitrogen and oxygen atoms in total. The summed E-state index contributed by atoms with van der Waals surface area (Å²) in [6.07, 6.45) is 1.78. The van der Waals surface area contributed by atoms with Gasteiger partial charge in [-0.05, 0) is 92.9 Å². The zero-order valence-electron chi connectivity index (χ0n) is 42.2. The van der Waals surface area contributed by atoms with Crippen molar-refractivity contribution in [1.82, 2.24) is 14.5 Å². The predicted octanol–water partition coefficient (Wildman–Crippen LogP) is 16.0. The molecule has 0 aliphatic carbocycles. The molecule has 0 aliphatic heterocycles. The zero-order valence-corrected chi connectivity index (χ0v) is 40.5. The monoisotopic (exact) mass is 1030 g/mol. The molecule has 7 aromatic carbocycles. The van der Waals surface area contributed by atoms with Crippen LogP contribution in [0.4, 0.5) is 0 Å². The fourth-order valence-corrected chi connectivity index (χ4v) is 8.59. The molecule has 9 rings (SSSR count). The molecular weight excluding hydrogens is 974 g/mol. The Morgan fingerprint density at radius 3 is 1.95 bits per heavy atom. The maximum Gasteiger partial charge on any atom is 0.148 e. The third kappa shape index (κ3) is 9.02. The van der Waals surface area contributed by atoms with E-state index in [2.05, 4.69) is 131 Å². The molecule has 0 spiro atoms. The summed E-state index contributed by atoms with van der Waals surface area (Å²) in [6.45, 7) is 14.6. The van der Waals surface area contributed by atoms with Crippen molar-refractivity contribution in [2.24, 2.45) is 0 Å². The van der Waals surface area contributed by atoms with Gasteiger partial charge in [0.05, 0.1) is 16.6 Å².